The second-order valence-electron chi connectivity index (χ2n) is 4.85. The zero-order valence-corrected chi connectivity index (χ0v) is 11.5. The summed E-state index contributed by atoms with van der Waals surface area (Å²) in [6, 6.07) is 10.5. The Bertz CT molecular complexity index is 592. The van der Waals surface area contributed by atoms with Crippen molar-refractivity contribution < 1.29 is 4.79 Å². The summed E-state index contributed by atoms with van der Waals surface area (Å²) in [5.74, 6) is 0. The standard InChI is InChI=1S/C15H16N2OS/c16-15-13(10-18)12-6-7-17(9-14(12)19-15)8-11-4-2-1-3-5-11/h1-5,10H,6-9,16H2. The number of anilines is 1. The quantitative estimate of drug-likeness (QED) is 0.874. The maximum absolute atomic E-state index is 11.0. The van der Waals surface area contributed by atoms with E-state index in [1.54, 1.807) is 11.3 Å². The number of hydrogen-bond acceptors (Lipinski definition) is 4. The number of thiophene rings is 1. The molecule has 0 fully saturated rings. The van der Waals surface area contributed by atoms with Crippen LogP contribution >= 0.6 is 11.3 Å². The molecule has 0 unspecified atom stereocenters. The zero-order valence-electron chi connectivity index (χ0n) is 10.6. The van der Waals surface area contributed by atoms with Gasteiger partial charge in [-0.25, -0.2) is 0 Å². The molecule has 0 aliphatic carbocycles. The van der Waals surface area contributed by atoms with Gasteiger partial charge in [0.1, 0.15) is 0 Å². The van der Waals surface area contributed by atoms with Crippen LogP contribution in [0.15, 0.2) is 30.3 Å². The highest BCUT2D eigenvalue weighted by Crippen LogP contribution is 2.34. The van der Waals surface area contributed by atoms with E-state index in [1.165, 1.54) is 16.0 Å². The number of aldehydes is 1. The summed E-state index contributed by atoms with van der Waals surface area (Å²) in [6.45, 7) is 2.83. The lowest BCUT2D eigenvalue weighted by molar-refractivity contribution is 0.112. The van der Waals surface area contributed by atoms with Crippen molar-refractivity contribution >= 4 is 22.6 Å². The Morgan fingerprint density at radius 3 is 2.84 bits per heavy atom. The topological polar surface area (TPSA) is 46.3 Å². The molecule has 0 saturated heterocycles. The second kappa shape index (κ2) is 5.15. The summed E-state index contributed by atoms with van der Waals surface area (Å²) in [4.78, 5) is 14.7. The van der Waals surface area contributed by atoms with Crippen molar-refractivity contribution in [3.05, 3.63) is 51.9 Å². The van der Waals surface area contributed by atoms with Gasteiger partial charge in [0.2, 0.25) is 0 Å². The van der Waals surface area contributed by atoms with Crippen molar-refractivity contribution in [2.24, 2.45) is 0 Å². The largest absolute Gasteiger partial charge is 0.390 e. The van der Waals surface area contributed by atoms with Gasteiger partial charge in [-0.1, -0.05) is 30.3 Å². The average Bonchev–Trinajstić information content (AvgIpc) is 2.74. The number of fused-ring (bicyclic) bond motifs is 1. The highest BCUT2D eigenvalue weighted by molar-refractivity contribution is 7.16. The van der Waals surface area contributed by atoms with Crippen LogP contribution in [-0.2, 0) is 19.5 Å². The van der Waals surface area contributed by atoms with E-state index in [0.29, 0.717) is 5.00 Å². The van der Waals surface area contributed by atoms with E-state index < -0.39 is 0 Å². The first-order valence-corrected chi connectivity index (χ1v) is 7.21. The number of carbonyl (C=O) groups is 1. The van der Waals surface area contributed by atoms with Crippen LogP contribution in [0.4, 0.5) is 5.00 Å². The maximum Gasteiger partial charge on any atom is 0.153 e. The van der Waals surface area contributed by atoms with Gasteiger partial charge in [0.25, 0.3) is 0 Å². The molecule has 3 nitrogen and oxygen atoms in total. The monoisotopic (exact) mass is 272 g/mol. The van der Waals surface area contributed by atoms with E-state index >= 15 is 0 Å². The van der Waals surface area contributed by atoms with Crippen molar-refractivity contribution in [2.75, 3.05) is 12.3 Å². The molecule has 98 valence electrons. The third-order valence-corrected chi connectivity index (χ3v) is 4.63. The third-order valence-electron chi connectivity index (χ3n) is 3.57. The number of benzene rings is 1. The minimum atomic E-state index is 0.668. The van der Waals surface area contributed by atoms with E-state index in [2.05, 4.69) is 29.2 Å². The van der Waals surface area contributed by atoms with Gasteiger partial charge >= 0.3 is 0 Å². The van der Waals surface area contributed by atoms with Crippen LogP contribution in [0.5, 0.6) is 0 Å². The van der Waals surface area contributed by atoms with E-state index in [1.807, 2.05) is 6.07 Å². The van der Waals surface area contributed by atoms with Crippen molar-refractivity contribution in [3.63, 3.8) is 0 Å². The van der Waals surface area contributed by atoms with Gasteiger partial charge in [0.05, 0.1) is 10.6 Å². The van der Waals surface area contributed by atoms with Gasteiger partial charge in [-0.05, 0) is 17.5 Å². The Labute approximate surface area is 116 Å². The van der Waals surface area contributed by atoms with Crippen LogP contribution in [0.1, 0.15) is 26.4 Å². The number of hydrogen-bond donors (Lipinski definition) is 1. The van der Waals surface area contributed by atoms with E-state index in [-0.39, 0.29) is 0 Å². The average molecular weight is 272 g/mol. The molecule has 2 heterocycles. The van der Waals surface area contributed by atoms with Crippen LogP contribution < -0.4 is 5.73 Å². The third kappa shape index (κ3) is 2.41. The van der Waals surface area contributed by atoms with Crippen LogP contribution in [0.3, 0.4) is 0 Å². The molecule has 1 aliphatic heterocycles. The predicted octanol–water partition coefficient (Wildman–Crippen LogP) is 2.70. The van der Waals surface area contributed by atoms with Crippen molar-refractivity contribution in [1.29, 1.82) is 0 Å². The Morgan fingerprint density at radius 2 is 2.11 bits per heavy atom. The van der Waals surface area contributed by atoms with E-state index in [9.17, 15) is 4.79 Å². The lowest BCUT2D eigenvalue weighted by Gasteiger charge is -2.26. The minimum absolute atomic E-state index is 0.668. The first-order chi connectivity index (χ1) is 9.28. The van der Waals surface area contributed by atoms with Crippen LogP contribution in [0.25, 0.3) is 0 Å². The molecule has 2 N–H and O–H groups in total. The molecule has 3 rings (SSSR count). The second-order valence-corrected chi connectivity index (χ2v) is 5.98. The zero-order chi connectivity index (χ0) is 13.2. The fourth-order valence-corrected chi connectivity index (χ4v) is 3.74. The van der Waals surface area contributed by atoms with Gasteiger partial charge < -0.3 is 5.73 Å². The maximum atomic E-state index is 11.0. The molecule has 1 aromatic carbocycles. The van der Waals surface area contributed by atoms with Gasteiger partial charge in [0, 0.05) is 24.5 Å². The smallest absolute Gasteiger partial charge is 0.153 e. The SMILES string of the molecule is Nc1sc2c(c1C=O)CCN(Cc1ccccc1)C2. The summed E-state index contributed by atoms with van der Waals surface area (Å²) in [7, 11) is 0. The number of rotatable bonds is 3. The molecule has 0 saturated carbocycles. The summed E-state index contributed by atoms with van der Waals surface area (Å²) in [5, 5.41) is 0.668. The molecule has 0 radical (unpaired) electrons. The van der Waals surface area contributed by atoms with Crippen molar-refractivity contribution in [3.8, 4) is 0 Å². The lowest BCUT2D eigenvalue weighted by atomic mass is 10.0. The molecule has 4 heteroatoms. The number of carbonyl (C=O) groups excluding carboxylic acids is 1. The van der Waals surface area contributed by atoms with E-state index in [4.69, 9.17) is 5.73 Å². The van der Waals surface area contributed by atoms with Crippen molar-refractivity contribution in [1.82, 2.24) is 4.90 Å². The van der Waals surface area contributed by atoms with Gasteiger partial charge in [-0.2, -0.15) is 0 Å². The molecule has 0 bridgehead atoms. The molecular formula is C15H16N2OS. The highest BCUT2D eigenvalue weighted by Gasteiger charge is 2.23. The lowest BCUT2D eigenvalue weighted by Crippen LogP contribution is -2.29. The normalized spacial score (nSPS) is 15.2. The molecule has 0 spiro atoms. The Kier molecular flexibility index (Phi) is 3.36. The fraction of sp³-hybridized carbons (Fsp3) is 0.267. The summed E-state index contributed by atoms with van der Waals surface area (Å²) in [5.41, 5.74) is 9.11. The number of nitrogens with zero attached hydrogens (tertiary/aromatic N) is 1. The van der Waals surface area contributed by atoms with Crippen LogP contribution in [-0.4, -0.2) is 17.7 Å². The first-order valence-electron chi connectivity index (χ1n) is 6.39. The summed E-state index contributed by atoms with van der Waals surface area (Å²) in [6.07, 6.45) is 1.82. The first kappa shape index (κ1) is 12.4. The Balaban J connectivity index is 1.78. The Hall–Kier alpha value is -1.65. The number of nitrogens with two attached hydrogens (primary N) is 1. The van der Waals surface area contributed by atoms with E-state index in [0.717, 1.165) is 37.9 Å². The van der Waals surface area contributed by atoms with Crippen molar-refractivity contribution in [2.45, 2.75) is 19.5 Å². The molecule has 1 aliphatic rings. The summed E-state index contributed by atoms with van der Waals surface area (Å²) < 4.78 is 0. The molecule has 1 aromatic heterocycles. The Morgan fingerprint density at radius 1 is 1.32 bits per heavy atom. The highest BCUT2D eigenvalue weighted by atomic mass is 32.1. The number of nitrogen functional groups attached to an aromatic ring is 1. The summed E-state index contributed by atoms with van der Waals surface area (Å²) >= 11 is 1.56. The van der Waals surface area contributed by atoms with Gasteiger partial charge in [0.15, 0.2) is 6.29 Å². The molecule has 0 amide bonds. The fourth-order valence-electron chi connectivity index (χ4n) is 2.61. The van der Waals surface area contributed by atoms with Crippen LogP contribution in [0, 0.1) is 0 Å². The predicted molar refractivity (Wildman–Crippen MR) is 78.4 cm³/mol. The molecule has 0 atom stereocenters. The van der Waals surface area contributed by atoms with Gasteiger partial charge in [-0.15, -0.1) is 11.3 Å². The van der Waals surface area contributed by atoms with Gasteiger partial charge in [-0.3, -0.25) is 9.69 Å². The molecular weight excluding hydrogens is 256 g/mol. The molecule has 2 aromatic rings. The van der Waals surface area contributed by atoms with Crippen LogP contribution in [0.2, 0.25) is 0 Å². The minimum Gasteiger partial charge on any atom is -0.390 e. The molecule has 19 heavy (non-hydrogen) atoms.